The summed E-state index contributed by atoms with van der Waals surface area (Å²) >= 11 is 0. The van der Waals surface area contributed by atoms with E-state index in [1.54, 1.807) is 0 Å². The van der Waals surface area contributed by atoms with Gasteiger partial charge in [0.15, 0.2) is 5.41 Å². The minimum atomic E-state index is -1.34. The number of rotatable bonds is 5. The monoisotopic (exact) mass is 460 g/mol. The van der Waals surface area contributed by atoms with E-state index >= 15 is 0 Å². The highest BCUT2D eigenvalue weighted by Crippen LogP contribution is 2.46. The lowest BCUT2D eigenvalue weighted by Gasteiger charge is -2.55. The quantitative estimate of drug-likeness (QED) is 0.692. The largest absolute Gasteiger partial charge is 0.368 e. The zero-order chi connectivity index (χ0) is 23.9. The normalized spacial score (nSPS) is 24.4. The average molecular weight is 461 g/mol. The van der Waals surface area contributed by atoms with E-state index in [9.17, 15) is 14.4 Å². The molecule has 2 aromatic rings. The van der Waals surface area contributed by atoms with Crippen molar-refractivity contribution in [1.82, 2.24) is 10.2 Å². The molecule has 1 spiro atoms. The third-order valence-corrected chi connectivity index (χ3v) is 7.50. The number of benzene rings is 2. The maximum atomic E-state index is 14.1. The van der Waals surface area contributed by atoms with Gasteiger partial charge in [-0.25, -0.2) is 4.79 Å². The first kappa shape index (κ1) is 22.4. The number of carbonyl (C=O) groups is 3. The van der Waals surface area contributed by atoms with Crippen molar-refractivity contribution >= 4 is 29.2 Å². The minimum Gasteiger partial charge on any atom is -0.368 e. The topological polar surface area (TPSA) is 73.0 Å². The summed E-state index contributed by atoms with van der Waals surface area (Å²) in [5, 5.41) is 2.56. The summed E-state index contributed by atoms with van der Waals surface area (Å²) in [6.45, 7) is 6.59. The Bertz CT molecular complexity index is 1100. The molecule has 2 atom stereocenters. The van der Waals surface area contributed by atoms with Crippen molar-refractivity contribution in [3.63, 3.8) is 0 Å². The number of hydrogen-bond donors (Lipinski definition) is 1. The third-order valence-electron chi connectivity index (χ3n) is 7.50. The van der Waals surface area contributed by atoms with Crippen LogP contribution in [0.4, 0.5) is 16.2 Å². The summed E-state index contributed by atoms with van der Waals surface area (Å²) in [6.07, 6.45) is 1.94. The third kappa shape index (κ3) is 3.63. The van der Waals surface area contributed by atoms with Crippen LogP contribution in [0.2, 0.25) is 0 Å². The van der Waals surface area contributed by atoms with Gasteiger partial charge in [0, 0.05) is 37.6 Å². The Hall–Kier alpha value is -3.35. The van der Waals surface area contributed by atoms with Gasteiger partial charge in [-0.1, -0.05) is 50.2 Å². The van der Waals surface area contributed by atoms with Crippen LogP contribution in [0.5, 0.6) is 0 Å². The van der Waals surface area contributed by atoms with Crippen molar-refractivity contribution in [3.05, 3.63) is 60.2 Å². The number of nitrogens with zero attached hydrogens (tertiary/aromatic N) is 3. The molecule has 7 heteroatoms. The predicted octanol–water partition coefficient (Wildman–Crippen LogP) is 3.44. The Morgan fingerprint density at radius 3 is 2.50 bits per heavy atom. The van der Waals surface area contributed by atoms with Crippen LogP contribution in [0.3, 0.4) is 0 Å². The molecule has 2 saturated heterocycles. The molecular weight excluding hydrogens is 428 g/mol. The van der Waals surface area contributed by atoms with Gasteiger partial charge in [0.05, 0.1) is 6.04 Å². The molecule has 3 aliphatic rings. The Morgan fingerprint density at radius 1 is 1.00 bits per heavy atom. The molecule has 2 fully saturated rings. The van der Waals surface area contributed by atoms with E-state index < -0.39 is 17.4 Å². The minimum absolute atomic E-state index is 0.297. The molecule has 2 aromatic carbocycles. The summed E-state index contributed by atoms with van der Waals surface area (Å²) < 4.78 is 0. The maximum absolute atomic E-state index is 14.1. The maximum Gasteiger partial charge on any atom is 0.330 e. The van der Waals surface area contributed by atoms with Gasteiger partial charge in [0.25, 0.3) is 0 Å². The molecular formula is C27H32N4O3. The zero-order valence-electron chi connectivity index (χ0n) is 19.9. The fourth-order valence-electron chi connectivity index (χ4n) is 5.74. The van der Waals surface area contributed by atoms with Gasteiger partial charge in [-0.05, 0) is 48.9 Å². The first-order chi connectivity index (χ1) is 16.4. The van der Waals surface area contributed by atoms with Crippen molar-refractivity contribution < 1.29 is 14.4 Å². The summed E-state index contributed by atoms with van der Waals surface area (Å²) in [5.41, 5.74) is 1.79. The van der Waals surface area contributed by atoms with Gasteiger partial charge < -0.3 is 9.80 Å². The van der Waals surface area contributed by atoms with Crippen LogP contribution in [-0.2, 0) is 16.0 Å². The number of carbonyl (C=O) groups excluding carboxylic acids is 3. The number of piperazine rings is 1. The Kier molecular flexibility index (Phi) is 5.80. The van der Waals surface area contributed by atoms with Gasteiger partial charge in [-0.2, -0.15) is 0 Å². The van der Waals surface area contributed by atoms with Gasteiger partial charge in [-0.3, -0.25) is 19.8 Å². The van der Waals surface area contributed by atoms with Crippen LogP contribution in [0.15, 0.2) is 54.6 Å². The van der Waals surface area contributed by atoms with Gasteiger partial charge in [0.2, 0.25) is 11.8 Å². The smallest absolute Gasteiger partial charge is 0.330 e. The molecule has 3 heterocycles. The van der Waals surface area contributed by atoms with Crippen LogP contribution in [0.1, 0.15) is 32.3 Å². The summed E-state index contributed by atoms with van der Waals surface area (Å²) in [7, 11) is 0. The number of urea groups is 1. The first-order valence-electron chi connectivity index (χ1n) is 12.2. The van der Waals surface area contributed by atoms with E-state index in [4.69, 9.17) is 0 Å². The van der Waals surface area contributed by atoms with E-state index in [0.717, 1.165) is 36.3 Å². The highest BCUT2D eigenvalue weighted by molar-refractivity contribution is 6.20. The molecule has 0 bridgehead atoms. The Balaban J connectivity index is 1.55. The average Bonchev–Trinajstić information content (AvgIpc) is 2.84. The lowest BCUT2D eigenvalue weighted by Crippen LogP contribution is -2.75. The molecule has 0 saturated carbocycles. The Morgan fingerprint density at radius 2 is 1.74 bits per heavy atom. The number of imide groups is 2. The van der Waals surface area contributed by atoms with Crippen molar-refractivity contribution in [1.29, 1.82) is 0 Å². The number of fused-ring (bicyclic) bond motifs is 4. The number of anilines is 2. The summed E-state index contributed by atoms with van der Waals surface area (Å²) in [5.74, 6) is -0.347. The second kappa shape index (κ2) is 8.78. The van der Waals surface area contributed by atoms with Crippen molar-refractivity contribution in [2.24, 2.45) is 11.3 Å². The second-order valence-corrected chi connectivity index (χ2v) is 10.0. The molecule has 7 nitrogen and oxygen atoms in total. The van der Waals surface area contributed by atoms with Crippen LogP contribution in [-0.4, -0.2) is 55.0 Å². The van der Waals surface area contributed by atoms with Crippen molar-refractivity contribution in [3.8, 4) is 0 Å². The van der Waals surface area contributed by atoms with Crippen LogP contribution in [0, 0.1) is 11.3 Å². The standard InChI is InChI=1S/C27H32N4O3/c1-19(2)9-8-14-31-25(33)27(24(32)28-26(31)34)17-20-10-6-7-13-22(20)30-16-15-29(18-23(27)30)21-11-4-3-5-12-21/h3-7,10-13,19,23H,8-9,14-18H2,1-2H3,(H,28,32,34). The molecule has 178 valence electrons. The molecule has 1 N–H and O–H groups in total. The molecule has 0 aliphatic carbocycles. The van der Waals surface area contributed by atoms with E-state index in [1.165, 1.54) is 4.90 Å². The number of barbiturate groups is 1. The lowest BCUT2D eigenvalue weighted by molar-refractivity contribution is -0.153. The van der Waals surface area contributed by atoms with E-state index in [2.05, 4.69) is 47.2 Å². The van der Waals surface area contributed by atoms with Crippen molar-refractivity contribution in [2.75, 3.05) is 36.0 Å². The fraction of sp³-hybridized carbons (Fsp3) is 0.444. The molecule has 5 rings (SSSR count). The number of amides is 4. The second-order valence-electron chi connectivity index (χ2n) is 10.0. The van der Waals surface area contributed by atoms with Crippen LogP contribution < -0.4 is 15.1 Å². The molecule has 4 amide bonds. The van der Waals surface area contributed by atoms with Crippen molar-refractivity contribution in [2.45, 2.75) is 39.2 Å². The fourth-order valence-corrected chi connectivity index (χ4v) is 5.74. The molecule has 3 aliphatic heterocycles. The van der Waals surface area contributed by atoms with E-state index in [1.807, 2.05) is 36.4 Å². The molecule has 34 heavy (non-hydrogen) atoms. The van der Waals surface area contributed by atoms with E-state index in [0.29, 0.717) is 32.0 Å². The van der Waals surface area contributed by atoms with Gasteiger partial charge >= 0.3 is 6.03 Å². The van der Waals surface area contributed by atoms with Gasteiger partial charge in [-0.15, -0.1) is 0 Å². The number of hydrogen-bond acceptors (Lipinski definition) is 5. The summed E-state index contributed by atoms with van der Waals surface area (Å²) in [4.78, 5) is 46.2. The molecule has 0 radical (unpaired) electrons. The molecule has 0 aromatic heterocycles. The Labute approximate surface area is 200 Å². The zero-order valence-corrected chi connectivity index (χ0v) is 19.9. The van der Waals surface area contributed by atoms with E-state index in [-0.39, 0.29) is 11.9 Å². The predicted molar refractivity (Wildman–Crippen MR) is 132 cm³/mol. The number of nitrogens with one attached hydrogen (secondary N) is 1. The first-order valence-corrected chi connectivity index (χ1v) is 12.2. The highest BCUT2D eigenvalue weighted by atomic mass is 16.2. The lowest BCUT2D eigenvalue weighted by atomic mass is 9.67. The number of para-hydroxylation sites is 2. The molecule has 2 unspecified atom stereocenters. The van der Waals surface area contributed by atoms with Crippen LogP contribution in [0.25, 0.3) is 0 Å². The van der Waals surface area contributed by atoms with Gasteiger partial charge in [0.1, 0.15) is 0 Å². The SMILES string of the molecule is CC(C)CCCN1C(=O)NC(=O)C2(Cc3ccccc3N3CCN(c4ccccc4)CC32)C1=O. The summed E-state index contributed by atoms with van der Waals surface area (Å²) in [6, 6.07) is 17.2. The van der Waals surface area contributed by atoms with Crippen LogP contribution >= 0.6 is 0 Å². The highest BCUT2D eigenvalue weighted by Gasteiger charge is 2.62.